The van der Waals surface area contributed by atoms with Crippen LogP contribution in [0.4, 0.5) is 0 Å². The van der Waals surface area contributed by atoms with Gasteiger partial charge in [-0.05, 0) is 29.9 Å². The molecule has 0 saturated heterocycles. The van der Waals surface area contributed by atoms with Gasteiger partial charge in [-0.3, -0.25) is 0 Å². The second-order valence-corrected chi connectivity index (χ2v) is 5.95. The van der Waals surface area contributed by atoms with E-state index < -0.39 is 0 Å². The molecule has 0 saturated carbocycles. The Bertz CT molecular complexity index is 688. The topological polar surface area (TPSA) is 21.3 Å². The van der Waals surface area contributed by atoms with E-state index in [0.717, 1.165) is 12.2 Å². The minimum atomic E-state index is 0.361. The Morgan fingerprint density at radius 2 is 1.90 bits per heavy atom. The summed E-state index contributed by atoms with van der Waals surface area (Å²) in [6.07, 6.45) is 0.959. The largest absolute Gasteiger partial charge is 0.493 e. The highest BCUT2D eigenvalue weighted by Crippen LogP contribution is 2.26. The summed E-state index contributed by atoms with van der Waals surface area (Å²) in [6, 6.07) is 19.2. The van der Waals surface area contributed by atoms with E-state index in [9.17, 15) is 0 Å². The molecular weight excluding hydrogens is 278 g/mol. The molecule has 0 aliphatic carbocycles. The Morgan fingerprint density at radius 1 is 1.05 bits per heavy atom. The molecule has 3 rings (SSSR count). The molecule has 0 aliphatic heterocycles. The molecule has 2 nitrogen and oxygen atoms in total. The van der Waals surface area contributed by atoms with Crippen molar-refractivity contribution in [2.24, 2.45) is 0 Å². The van der Waals surface area contributed by atoms with Crippen LogP contribution in [0.25, 0.3) is 10.8 Å². The average Bonchev–Trinajstić information content (AvgIpc) is 3.06. The molecule has 2 aromatic carbocycles. The van der Waals surface area contributed by atoms with Gasteiger partial charge in [0.1, 0.15) is 5.75 Å². The van der Waals surface area contributed by atoms with Crippen molar-refractivity contribution in [2.45, 2.75) is 12.5 Å². The molecule has 0 unspecified atom stereocenters. The van der Waals surface area contributed by atoms with E-state index in [4.69, 9.17) is 4.74 Å². The van der Waals surface area contributed by atoms with Crippen molar-refractivity contribution >= 4 is 22.1 Å². The van der Waals surface area contributed by atoms with Crippen LogP contribution in [0.5, 0.6) is 5.75 Å². The van der Waals surface area contributed by atoms with Gasteiger partial charge in [0.15, 0.2) is 0 Å². The molecule has 1 N–H and O–H groups in total. The summed E-state index contributed by atoms with van der Waals surface area (Å²) < 4.78 is 6.01. The van der Waals surface area contributed by atoms with Crippen LogP contribution in [0.15, 0.2) is 60.0 Å². The lowest BCUT2D eigenvalue weighted by Crippen LogP contribution is -2.18. The highest BCUT2D eigenvalue weighted by atomic mass is 32.1. The number of hydrogen-bond donors (Lipinski definition) is 1. The second kappa shape index (κ2) is 6.74. The minimum Gasteiger partial charge on any atom is -0.493 e. The molecule has 108 valence electrons. The fourth-order valence-corrected chi connectivity index (χ4v) is 3.40. The number of thiophene rings is 1. The molecule has 3 aromatic rings. The Labute approximate surface area is 129 Å². The van der Waals surface area contributed by atoms with E-state index >= 15 is 0 Å². The molecule has 1 aromatic heterocycles. The van der Waals surface area contributed by atoms with Gasteiger partial charge in [-0.25, -0.2) is 0 Å². The molecule has 21 heavy (non-hydrogen) atoms. The van der Waals surface area contributed by atoms with Crippen molar-refractivity contribution in [1.82, 2.24) is 5.32 Å². The van der Waals surface area contributed by atoms with Crippen LogP contribution >= 0.6 is 11.3 Å². The van der Waals surface area contributed by atoms with Crippen molar-refractivity contribution < 1.29 is 4.74 Å². The lowest BCUT2D eigenvalue weighted by Gasteiger charge is -2.15. The van der Waals surface area contributed by atoms with Crippen molar-refractivity contribution in [2.75, 3.05) is 13.7 Å². The van der Waals surface area contributed by atoms with Gasteiger partial charge in [0.25, 0.3) is 0 Å². The Balaban J connectivity index is 1.67. The number of nitrogens with one attached hydrogen (secondary N) is 1. The maximum atomic E-state index is 6.01. The summed E-state index contributed by atoms with van der Waals surface area (Å²) in [4.78, 5) is 1.36. The Morgan fingerprint density at radius 3 is 2.71 bits per heavy atom. The van der Waals surface area contributed by atoms with E-state index in [2.05, 4.69) is 53.2 Å². The predicted octanol–water partition coefficient (Wildman–Crippen LogP) is 4.63. The van der Waals surface area contributed by atoms with Gasteiger partial charge in [0.05, 0.1) is 6.61 Å². The summed E-state index contributed by atoms with van der Waals surface area (Å²) in [5, 5.41) is 7.87. The molecule has 0 amide bonds. The summed E-state index contributed by atoms with van der Waals surface area (Å²) in [6.45, 7) is 0.706. The van der Waals surface area contributed by atoms with E-state index in [1.807, 2.05) is 19.2 Å². The summed E-state index contributed by atoms with van der Waals surface area (Å²) in [7, 11) is 2.00. The second-order valence-electron chi connectivity index (χ2n) is 4.97. The summed E-state index contributed by atoms with van der Waals surface area (Å²) in [5.41, 5.74) is 0. The van der Waals surface area contributed by atoms with Gasteiger partial charge in [-0.15, -0.1) is 11.3 Å². The fraction of sp³-hybridized carbons (Fsp3) is 0.222. The highest BCUT2D eigenvalue weighted by Gasteiger charge is 2.10. The fourth-order valence-electron chi connectivity index (χ4n) is 2.53. The van der Waals surface area contributed by atoms with Crippen LogP contribution in [0.1, 0.15) is 17.3 Å². The lowest BCUT2D eigenvalue weighted by atomic mass is 10.1. The van der Waals surface area contributed by atoms with Gasteiger partial charge in [0.2, 0.25) is 0 Å². The Hall–Kier alpha value is -1.84. The maximum absolute atomic E-state index is 6.01. The molecule has 1 atom stereocenters. The zero-order valence-electron chi connectivity index (χ0n) is 12.1. The molecular formula is C18H19NOS. The molecule has 0 aliphatic rings. The van der Waals surface area contributed by atoms with Crippen LogP contribution in [0.2, 0.25) is 0 Å². The van der Waals surface area contributed by atoms with Gasteiger partial charge < -0.3 is 10.1 Å². The Kier molecular flexibility index (Phi) is 4.53. The first-order chi connectivity index (χ1) is 10.4. The third-order valence-corrected chi connectivity index (χ3v) is 4.63. The van der Waals surface area contributed by atoms with E-state index in [1.165, 1.54) is 15.6 Å². The molecule has 0 radical (unpaired) electrons. The average molecular weight is 297 g/mol. The van der Waals surface area contributed by atoms with Gasteiger partial charge >= 0.3 is 0 Å². The zero-order valence-corrected chi connectivity index (χ0v) is 12.9. The van der Waals surface area contributed by atoms with Crippen molar-refractivity contribution in [3.63, 3.8) is 0 Å². The lowest BCUT2D eigenvalue weighted by molar-refractivity contribution is 0.294. The first-order valence-electron chi connectivity index (χ1n) is 7.19. The quantitative estimate of drug-likeness (QED) is 0.716. The summed E-state index contributed by atoms with van der Waals surface area (Å²) in [5.74, 6) is 0.967. The van der Waals surface area contributed by atoms with Gasteiger partial charge in [0, 0.05) is 22.7 Å². The van der Waals surface area contributed by atoms with E-state index in [1.54, 1.807) is 11.3 Å². The number of rotatable bonds is 6. The van der Waals surface area contributed by atoms with Crippen LogP contribution in [0.3, 0.4) is 0 Å². The zero-order chi connectivity index (χ0) is 14.5. The monoisotopic (exact) mass is 297 g/mol. The van der Waals surface area contributed by atoms with Crippen LogP contribution < -0.4 is 10.1 Å². The smallest absolute Gasteiger partial charge is 0.127 e. The molecule has 3 heteroatoms. The van der Waals surface area contributed by atoms with E-state index in [-0.39, 0.29) is 0 Å². The number of hydrogen-bond acceptors (Lipinski definition) is 3. The van der Waals surface area contributed by atoms with Crippen LogP contribution in [-0.4, -0.2) is 13.7 Å². The summed E-state index contributed by atoms with van der Waals surface area (Å²) >= 11 is 1.79. The molecule has 1 heterocycles. The molecule has 0 spiro atoms. The molecule has 0 bridgehead atoms. The minimum absolute atomic E-state index is 0.361. The SMILES string of the molecule is CN[C@@H](CCOc1cccc2ccccc12)c1cccs1. The van der Waals surface area contributed by atoms with Crippen LogP contribution in [0, 0.1) is 0 Å². The third-order valence-electron chi connectivity index (χ3n) is 3.65. The van der Waals surface area contributed by atoms with Crippen molar-refractivity contribution in [1.29, 1.82) is 0 Å². The van der Waals surface area contributed by atoms with Gasteiger partial charge in [-0.1, -0.05) is 42.5 Å². The van der Waals surface area contributed by atoms with Crippen molar-refractivity contribution in [3.05, 3.63) is 64.9 Å². The molecule has 0 fully saturated rings. The third kappa shape index (κ3) is 3.26. The van der Waals surface area contributed by atoms with Gasteiger partial charge in [-0.2, -0.15) is 0 Å². The standard InChI is InChI=1S/C18H19NOS/c1-19-16(18-10-5-13-21-18)11-12-20-17-9-4-7-14-6-2-3-8-15(14)17/h2-10,13,16,19H,11-12H2,1H3/t16-/m0/s1. The number of fused-ring (bicyclic) bond motifs is 1. The number of benzene rings is 2. The highest BCUT2D eigenvalue weighted by molar-refractivity contribution is 7.10. The first kappa shape index (κ1) is 14.1. The van der Waals surface area contributed by atoms with Crippen molar-refractivity contribution in [3.8, 4) is 5.75 Å². The normalized spacial score (nSPS) is 12.4. The maximum Gasteiger partial charge on any atom is 0.127 e. The predicted molar refractivity (Wildman–Crippen MR) is 90.2 cm³/mol. The first-order valence-corrected chi connectivity index (χ1v) is 8.07. The van der Waals surface area contributed by atoms with E-state index in [0.29, 0.717) is 12.6 Å². The number of ether oxygens (including phenoxy) is 1. The van der Waals surface area contributed by atoms with Crippen LogP contribution in [-0.2, 0) is 0 Å².